The van der Waals surface area contributed by atoms with Crippen molar-refractivity contribution in [3.63, 3.8) is 0 Å². The van der Waals surface area contributed by atoms with Gasteiger partial charge in [-0.25, -0.2) is 0 Å². The first-order valence-electron chi connectivity index (χ1n) is 8.03. The Bertz CT molecular complexity index is 357. The number of hydrogen-bond acceptors (Lipinski definition) is 5. The monoisotopic (exact) mass is 300 g/mol. The van der Waals surface area contributed by atoms with Gasteiger partial charge >= 0.3 is 0 Å². The van der Waals surface area contributed by atoms with Gasteiger partial charge in [0, 0.05) is 25.2 Å². The van der Waals surface area contributed by atoms with Gasteiger partial charge in [0.25, 0.3) is 0 Å². The summed E-state index contributed by atoms with van der Waals surface area (Å²) < 4.78 is 11.4. The van der Waals surface area contributed by atoms with Gasteiger partial charge < -0.3 is 19.9 Å². The molecule has 0 aromatic heterocycles. The number of methoxy groups -OCH3 is 1. The highest BCUT2D eigenvalue weighted by Crippen LogP contribution is 2.43. The summed E-state index contributed by atoms with van der Waals surface area (Å²) in [7, 11) is 3.88. The largest absolute Gasteiger partial charge is 0.394 e. The van der Waals surface area contributed by atoms with E-state index in [2.05, 4.69) is 38.0 Å². The summed E-state index contributed by atoms with van der Waals surface area (Å²) >= 11 is 0. The maximum Gasteiger partial charge on any atom is 0.0804 e. The van der Waals surface area contributed by atoms with Crippen LogP contribution in [0.3, 0.4) is 0 Å². The van der Waals surface area contributed by atoms with Crippen molar-refractivity contribution >= 4 is 0 Å². The SMILES string of the molecule is COC(C)(C)C(C)NCC1(CO)COCC2(CCC2)N1C. The Labute approximate surface area is 129 Å². The van der Waals surface area contributed by atoms with E-state index in [1.54, 1.807) is 7.11 Å². The van der Waals surface area contributed by atoms with Crippen LogP contribution in [-0.4, -0.2) is 73.3 Å². The van der Waals surface area contributed by atoms with E-state index >= 15 is 0 Å². The first-order valence-corrected chi connectivity index (χ1v) is 8.03. The van der Waals surface area contributed by atoms with E-state index in [9.17, 15) is 5.11 Å². The maximum atomic E-state index is 10.0. The Morgan fingerprint density at radius 1 is 1.38 bits per heavy atom. The minimum absolute atomic E-state index is 0.110. The third-order valence-corrected chi connectivity index (χ3v) is 6.05. The topological polar surface area (TPSA) is 54.0 Å². The Balaban J connectivity index is 2.04. The highest BCUT2D eigenvalue weighted by Gasteiger charge is 2.53. The molecular weight excluding hydrogens is 268 g/mol. The highest BCUT2D eigenvalue weighted by molar-refractivity contribution is 5.08. The fourth-order valence-corrected chi connectivity index (χ4v) is 3.34. The van der Waals surface area contributed by atoms with Crippen LogP contribution in [0.1, 0.15) is 40.0 Å². The van der Waals surface area contributed by atoms with E-state index in [1.807, 2.05) is 0 Å². The molecule has 2 unspecified atom stereocenters. The number of aliphatic hydroxyl groups is 1. The third-order valence-electron chi connectivity index (χ3n) is 6.05. The maximum absolute atomic E-state index is 10.0. The molecule has 2 fully saturated rings. The van der Waals surface area contributed by atoms with E-state index in [0.29, 0.717) is 13.2 Å². The predicted molar refractivity (Wildman–Crippen MR) is 83.5 cm³/mol. The van der Waals surface area contributed by atoms with Crippen molar-refractivity contribution in [3.05, 3.63) is 0 Å². The van der Waals surface area contributed by atoms with Gasteiger partial charge in [0.15, 0.2) is 0 Å². The zero-order valence-corrected chi connectivity index (χ0v) is 14.2. The average Bonchev–Trinajstić information content (AvgIpc) is 2.44. The number of nitrogens with zero attached hydrogens (tertiary/aromatic N) is 1. The molecule has 0 amide bonds. The van der Waals surface area contributed by atoms with Gasteiger partial charge in [-0.1, -0.05) is 0 Å². The molecule has 2 atom stereocenters. The number of ether oxygens (including phenoxy) is 2. The molecule has 5 heteroatoms. The van der Waals surface area contributed by atoms with Gasteiger partial charge in [-0.2, -0.15) is 0 Å². The fraction of sp³-hybridized carbons (Fsp3) is 1.00. The number of rotatable bonds is 6. The summed E-state index contributed by atoms with van der Waals surface area (Å²) in [5, 5.41) is 13.6. The molecule has 1 saturated heterocycles. The van der Waals surface area contributed by atoms with Crippen molar-refractivity contribution < 1.29 is 14.6 Å². The first-order chi connectivity index (χ1) is 9.82. The lowest BCUT2D eigenvalue weighted by atomic mass is 9.72. The summed E-state index contributed by atoms with van der Waals surface area (Å²) in [6.45, 7) is 8.46. The number of morpholine rings is 1. The average molecular weight is 300 g/mol. The second-order valence-electron chi connectivity index (χ2n) is 7.42. The zero-order chi connectivity index (χ0) is 15.7. The lowest BCUT2D eigenvalue weighted by molar-refractivity contribution is -0.181. The van der Waals surface area contributed by atoms with Crippen LogP contribution in [0.15, 0.2) is 0 Å². The minimum Gasteiger partial charge on any atom is -0.394 e. The predicted octanol–water partition coefficient (Wildman–Crippen LogP) is 1.01. The van der Waals surface area contributed by atoms with Crippen molar-refractivity contribution in [2.75, 3.05) is 40.5 Å². The molecule has 0 radical (unpaired) electrons. The Morgan fingerprint density at radius 2 is 2.05 bits per heavy atom. The molecule has 0 bridgehead atoms. The minimum atomic E-state index is -0.337. The number of likely N-dealkylation sites (N-methyl/N-ethyl adjacent to an activating group) is 1. The molecule has 124 valence electrons. The third kappa shape index (κ3) is 2.99. The van der Waals surface area contributed by atoms with Crippen LogP contribution in [-0.2, 0) is 9.47 Å². The molecule has 2 aliphatic rings. The van der Waals surface area contributed by atoms with E-state index in [1.165, 1.54) is 19.3 Å². The van der Waals surface area contributed by atoms with Crippen molar-refractivity contribution in [1.29, 1.82) is 0 Å². The molecule has 1 heterocycles. The lowest BCUT2D eigenvalue weighted by Crippen LogP contribution is -2.73. The summed E-state index contributed by atoms with van der Waals surface area (Å²) in [6.07, 6.45) is 3.60. The van der Waals surface area contributed by atoms with Gasteiger partial charge in [-0.15, -0.1) is 0 Å². The van der Waals surface area contributed by atoms with Crippen molar-refractivity contribution in [2.45, 2.75) is 62.8 Å². The summed E-state index contributed by atoms with van der Waals surface area (Å²) in [5.41, 5.74) is -0.432. The molecule has 1 spiro atoms. The normalized spacial score (nSPS) is 31.1. The van der Waals surface area contributed by atoms with Crippen LogP contribution in [0, 0.1) is 0 Å². The second-order valence-corrected chi connectivity index (χ2v) is 7.42. The fourth-order valence-electron chi connectivity index (χ4n) is 3.34. The molecule has 0 aromatic carbocycles. The van der Waals surface area contributed by atoms with Crippen molar-refractivity contribution in [3.8, 4) is 0 Å². The van der Waals surface area contributed by atoms with Crippen LogP contribution >= 0.6 is 0 Å². The van der Waals surface area contributed by atoms with E-state index in [0.717, 1.165) is 6.61 Å². The molecule has 1 aliphatic carbocycles. The van der Waals surface area contributed by atoms with Crippen LogP contribution < -0.4 is 5.32 Å². The van der Waals surface area contributed by atoms with E-state index in [4.69, 9.17) is 9.47 Å². The van der Waals surface area contributed by atoms with Crippen molar-refractivity contribution in [1.82, 2.24) is 10.2 Å². The van der Waals surface area contributed by atoms with Gasteiger partial charge in [-0.3, -0.25) is 4.90 Å². The molecule has 2 rings (SSSR count). The first kappa shape index (κ1) is 17.2. The quantitative estimate of drug-likeness (QED) is 0.767. The zero-order valence-electron chi connectivity index (χ0n) is 14.2. The van der Waals surface area contributed by atoms with E-state index in [-0.39, 0.29) is 29.3 Å². The Kier molecular flexibility index (Phi) is 5.01. The number of nitrogens with one attached hydrogen (secondary N) is 1. The molecule has 2 N–H and O–H groups in total. The molecule has 21 heavy (non-hydrogen) atoms. The Hall–Kier alpha value is -0.200. The lowest BCUT2D eigenvalue weighted by Gasteiger charge is -2.59. The Morgan fingerprint density at radius 3 is 2.52 bits per heavy atom. The number of aliphatic hydroxyl groups excluding tert-OH is 1. The molecule has 0 aromatic rings. The molecule has 1 aliphatic heterocycles. The van der Waals surface area contributed by atoms with Gasteiger partial charge in [0.05, 0.1) is 31.0 Å². The highest BCUT2D eigenvalue weighted by atomic mass is 16.5. The van der Waals surface area contributed by atoms with Crippen LogP contribution in [0.2, 0.25) is 0 Å². The summed E-state index contributed by atoms with van der Waals surface area (Å²) in [6, 6.07) is 0.193. The van der Waals surface area contributed by atoms with Crippen molar-refractivity contribution in [2.24, 2.45) is 0 Å². The smallest absolute Gasteiger partial charge is 0.0804 e. The van der Waals surface area contributed by atoms with E-state index < -0.39 is 0 Å². The second kappa shape index (κ2) is 6.13. The van der Waals surface area contributed by atoms with Crippen LogP contribution in [0.5, 0.6) is 0 Å². The van der Waals surface area contributed by atoms with Gasteiger partial charge in [0.1, 0.15) is 0 Å². The van der Waals surface area contributed by atoms with Gasteiger partial charge in [0.2, 0.25) is 0 Å². The van der Waals surface area contributed by atoms with Crippen LogP contribution in [0.4, 0.5) is 0 Å². The molecule has 5 nitrogen and oxygen atoms in total. The van der Waals surface area contributed by atoms with Crippen LogP contribution in [0.25, 0.3) is 0 Å². The number of hydrogen-bond donors (Lipinski definition) is 2. The van der Waals surface area contributed by atoms with Gasteiger partial charge in [-0.05, 0) is 47.1 Å². The molecular formula is C16H32N2O3. The standard InChI is InChI=1S/C16H32N2O3/c1-13(14(2,3)20-5)17-9-16(10-19)12-21-11-15(18(16)4)7-6-8-15/h13,17,19H,6-12H2,1-5H3. The molecule has 1 saturated carbocycles. The summed E-state index contributed by atoms with van der Waals surface area (Å²) in [5.74, 6) is 0. The summed E-state index contributed by atoms with van der Waals surface area (Å²) in [4.78, 5) is 2.38.